The molecular formula is C14H16N4O2S. The molecule has 0 amide bonds. The molecule has 0 aliphatic heterocycles. The van der Waals surface area contributed by atoms with E-state index in [2.05, 4.69) is 20.1 Å². The molecule has 3 rings (SSSR count). The summed E-state index contributed by atoms with van der Waals surface area (Å²) in [5.74, 6) is 2.71. The van der Waals surface area contributed by atoms with E-state index < -0.39 is 0 Å². The summed E-state index contributed by atoms with van der Waals surface area (Å²) in [4.78, 5) is 7.68. The highest BCUT2D eigenvalue weighted by atomic mass is 32.1. The molecular weight excluding hydrogens is 288 g/mol. The van der Waals surface area contributed by atoms with Crippen molar-refractivity contribution in [2.24, 2.45) is 0 Å². The molecule has 7 heteroatoms. The van der Waals surface area contributed by atoms with Gasteiger partial charge in [-0.3, -0.25) is 4.90 Å². The van der Waals surface area contributed by atoms with Gasteiger partial charge >= 0.3 is 0 Å². The Balaban J connectivity index is 1.70. The Morgan fingerprint density at radius 1 is 1.19 bits per heavy atom. The first-order valence-electron chi connectivity index (χ1n) is 6.59. The number of hydrogen-bond acceptors (Lipinski definition) is 7. The molecule has 0 N–H and O–H groups in total. The second-order valence-corrected chi connectivity index (χ2v) is 5.83. The first kappa shape index (κ1) is 14.0. The predicted octanol–water partition coefficient (Wildman–Crippen LogP) is 3.03. The molecule has 0 fully saturated rings. The van der Waals surface area contributed by atoms with Crippen LogP contribution in [0.5, 0.6) is 0 Å². The lowest BCUT2D eigenvalue weighted by Gasteiger charge is -2.12. The Labute approximate surface area is 126 Å². The normalized spacial score (nSPS) is 11.4. The van der Waals surface area contributed by atoms with Gasteiger partial charge in [0.2, 0.25) is 17.7 Å². The summed E-state index contributed by atoms with van der Waals surface area (Å²) in [6.07, 6.45) is 0. The third-order valence-corrected chi connectivity index (χ3v) is 3.88. The van der Waals surface area contributed by atoms with Gasteiger partial charge in [-0.15, -0.1) is 21.5 Å². The summed E-state index contributed by atoms with van der Waals surface area (Å²) >= 11 is 1.62. The van der Waals surface area contributed by atoms with Gasteiger partial charge in [0.15, 0.2) is 0 Å². The summed E-state index contributed by atoms with van der Waals surface area (Å²) in [6, 6.07) is 3.99. The molecule has 0 spiro atoms. The van der Waals surface area contributed by atoms with Crippen LogP contribution in [0.4, 0.5) is 0 Å². The SMILES string of the molecule is Cc1nnc(CN(C)Cc2nc(-c3cccs3)oc2C)o1. The Morgan fingerprint density at radius 3 is 2.71 bits per heavy atom. The molecule has 0 aromatic carbocycles. The quantitative estimate of drug-likeness (QED) is 0.721. The van der Waals surface area contributed by atoms with Crippen molar-refractivity contribution in [3.05, 3.63) is 40.7 Å². The van der Waals surface area contributed by atoms with Crippen molar-refractivity contribution < 1.29 is 8.83 Å². The van der Waals surface area contributed by atoms with Crippen molar-refractivity contribution in [1.82, 2.24) is 20.1 Å². The molecule has 3 aromatic rings. The van der Waals surface area contributed by atoms with Crippen LogP contribution in [0.15, 0.2) is 26.3 Å². The molecule has 110 valence electrons. The molecule has 0 atom stereocenters. The van der Waals surface area contributed by atoms with E-state index in [1.807, 2.05) is 31.5 Å². The number of rotatable bonds is 5. The average Bonchev–Trinajstić information content (AvgIpc) is 3.13. The minimum absolute atomic E-state index is 0.580. The third kappa shape index (κ3) is 3.20. The topological polar surface area (TPSA) is 68.2 Å². The van der Waals surface area contributed by atoms with Crippen molar-refractivity contribution in [3.8, 4) is 10.8 Å². The zero-order valence-corrected chi connectivity index (χ0v) is 13.0. The number of aryl methyl sites for hydroxylation is 2. The van der Waals surface area contributed by atoms with E-state index in [0.29, 0.717) is 30.8 Å². The van der Waals surface area contributed by atoms with Crippen LogP contribution in [0.2, 0.25) is 0 Å². The van der Waals surface area contributed by atoms with E-state index in [0.717, 1.165) is 16.3 Å². The third-order valence-electron chi connectivity index (χ3n) is 3.02. The van der Waals surface area contributed by atoms with Crippen molar-refractivity contribution >= 4 is 11.3 Å². The second-order valence-electron chi connectivity index (χ2n) is 4.89. The standard InChI is InChI=1S/C14H16N4O2S/c1-9-11(15-14(19-9)12-5-4-6-21-12)7-18(3)8-13-17-16-10(2)20-13/h4-6H,7-8H2,1-3H3. The molecule has 0 aliphatic carbocycles. The van der Waals surface area contributed by atoms with Crippen LogP contribution in [0.3, 0.4) is 0 Å². The van der Waals surface area contributed by atoms with E-state index >= 15 is 0 Å². The highest BCUT2D eigenvalue weighted by molar-refractivity contribution is 7.13. The maximum atomic E-state index is 5.74. The van der Waals surface area contributed by atoms with Crippen LogP contribution in [-0.4, -0.2) is 27.1 Å². The second kappa shape index (κ2) is 5.79. The fourth-order valence-corrected chi connectivity index (χ4v) is 2.67. The fraction of sp³-hybridized carbons (Fsp3) is 0.357. The van der Waals surface area contributed by atoms with Crippen LogP contribution in [0.1, 0.15) is 23.2 Å². The monoisotopic (exact) mass is 304 g/mol. The predicted molar refractivity (Wildman–Crippen MR) is 78.8 cm³/mol. The Hall–Kier alpha value is -1.99. The molecule has 0 radical (unpaired) electrons. The first-order valence-corrected chi connectivity index (χ1v) is 7.47. The first-order chi connectivity index (χ1) is 10.1. The van der Waals surface area contributed by atoms with Gasteiger partial charge in [0.25, 0.3) is 0 Å². The fourth-order valence-electron chi connectivity index (χ4n) is 2.02. The van der Waals surface area contributed by atoms with Crippen molar-refractivity contribution in [2.45, 2.75) is 26.9 Å². The van der Waals surface area contributed by atoms with E-state index in [-0.39, 0.29) is 0 Å². The molecule has 0 saturated carbocycles. The molecule has 0 bridgehead atoms. The lowest BCUT2D eigenvalue weighted by Crippen LogP contribution is -2.18. The molecule has 3 heterocycles. The number of aromatic nitrogens is 3. The van der Waals surface area contributed by atoms with Gasteiger partial charge in [-0.25, -0.2) is 4.98 Å². The average molecular weight is 304 g/mol. The van der Waals surface area contributed by atoms with Crippen molar-refractivity contribution in [3.63, 3.8) is 0 Å². The summed E-state index contributed by atoms with van der Waals surface area (Å²) in [7, 11) is 1.98. The lowest BCUT2D eigenvalue weighted by molar-refractivity contribution is 0.275. The number of thiophene rings is 1. The van der Waals surface area contributed by atoms with Crippen molar-refractivity contribution in [2.75, 3.05) is 7.05 Å². The van der Waals surface area contributed by atoms with Crippen molar-refractivity contribution in [1.29, 1.82) is 0 Å². The molecule has 0 saturated heterocycles. The van der Waals surface area contributed by atoms with Gasteiger partial charge in [-0.2, -0.15) is 0 Å². The van der Waals surface area contributed by atoms with Crippen LogP contribution >= 0.6 is 11.3 Å². The van der Waals surface area contributed by atoms with E-state index in [1.165, 1.54) is 0 Å². The highest BCUT2D eigenvalue weighted by Crippen LogP contribution is 2.26. The molecule has 0 aliphatic rings. The molecule has 3 aromatic heterocycles. The maximum absolute atomic E-state index is 5.74. The minimum atomic E-state index is 0.580. The largest absolute Gasteiger partial charge is 0.440 e. The van der Waals surface area contributed by atoms with Gasteiger partial charge in [0, 0.05) is 13.5 Å². The van der Waals surface area contributed by atoms with Crippen LogP contribution in [0.25, 0.3) is 10.8 Å². The Bertz CT molecular complexity index is 717. The highest BCUT2D eigenvalue weighted by Gasteiger charge is 2.15. The van der Waals surface area contributed by atoms with Crippen LogP contribution in [0, 0.1) is 13.8 Å². The summed E-state index contributed by atoms with van der Waals surface area (Å²) in [6.45, 7) is 4.97. The summed E-state index contributed by atoms with van der Waals surface area (Å²) in [5, 5.41) is 9.83. The maximum Gasteiger partial charge on any atom is 0.236 e. The van der Waals surface area contributed by atoms with Crippen LogP contribution < -0.4 is 0 Å². The van der Waals surface area contributed by atoms with E-state index in [9.17, 15) is 0 Å². The summed E-state index contributed by atoms with van der Waals surface area (Å²) in [5.41, 5.74) is 0.928. The van der Waals surface area contributed by atoms with Gasteiger partial charge in [-0.1, -0.05) is 6.07 Å². The molecule has 0 unspecified atom stereocenters. The van der Waals surface area contributed by atoms with Gasteiger partial charge < -0.3 is 8.83 Å². The smallest absolute Gasteiger partial charge is 0.236 e. The number of oxazole rings is 1. The lowest BCUT2D eigenvalue weighted by atomic mass is 10.3. The minimum Gasteiger partial charge on any atom is -0.440 e. The number of nitrogens with zero attached hydrogens (tertiary/aromatic N) is 4. The van der Waals surface area contributed by atoms with E-state index in [4.69, 9.17) is 8.83 Å². The molecule has 21 heavy (non-hydrogen) atoms. The Kier molecular flexibility index (Phi) is 3.85. The van der Waals surface area contributed by atoms with E-state index in [1.54, 1.807) is 18.3 Å². The van der Waals surface area contributed by atoms with Gasteiger partial charge in [-0.05, 0) is 25.4 Å². The summed E-state index contributed by atoms with van der Waals surface area (Å²) < 4.78 is 11.1. The van der Waals surface area contributed by atoms with Gasteiger partial charge in [0.1, 0.15) is 5.76 Å². The number of hydrogen-bond donors (Lipinski definition) is 0. The molecule has 6 nitrogen and oxygen atoms in total. The zero-order valence-electron chi connectivity index (χ0n) is 12.2. The van der Waals surface area contributed by atoms with Gasteiger partial charge in [0.05, 0.1) is 17.1 Å². The zero-order chi connectivity index (χ0) is 14.8. The Morgan fingerprint density at radius 2 is 2.05 bits per heavy atom. The van der Waals surface area contributed by atoms with Crippen LogP contribution in [-0.2, 0) is 13.1 Å².